The first-order valence-electron chi connectivity index (χ1n) is 22.8. The molecule has 19 heteroatoms. The third kappa shape index (κ3) is 13.6. The molecule has 10 rings (SSSR count). The Morgan fingerprint density at radius 3 is 1.47 bits per heavy atom. The average molecular weight is 1040 g/mol. The lowest BCUT2D eigenvalue weighted by molar-refractivity contribution is 0.0600. The summed E-state index contributed by atoms with van der Waals surface area (Å²) in [5, 5.41) is 8.34. The maximum Gasteiger partial charge on any atom is 0.337 e. The van der Waals surface area contributed by atoms with E-state index in [0.717, 1.165) is 54.6 Å². The summed E-state index contributed by atoms with van der Waals surface area (Å²) in [5.41, 5.74) is 24.7. The highest BCUT2D eigenvalue weighted by Crippen LogP contribution is 2.24. The van der Waals surface area contributed by atoms with Crippen molar-refractivity contribution in [3.8, 4) is 0 Å². The number of carbonyl (C=O) groups is 2. The quantitative estimate of drug-likeness (QED) is 0.0893. The van der Waals surface area contributed by atoms with Crippen molar-refractivity contribution in [3.63, 3.8) is 0 Å². The van der Waals surface area contributed by atoms with E-state index < -0.39 is 25.6 Å². The summed E-state index contributed by atoms with van der Waals surface area (Å²) in [6.45, 7) is 0.921. The van der Waals surface area contributed by atoms with Gasteiger partial charge >= 0.3 is 5.97 Å². The van der Waals surface area contributed by atoms with Crippen LogP contribution in [0.25, 0.3) is 43.4 Å². The normalized spacial score (nSPS) is 11.2. The summed E-state index contributed by atoms with van der Waals surface area (Å²) in [4.78, 5) is 50.5. The number of rotatable bonds is 11. The van der Waals surface area contributed by atoms with Gasteiger partial charge in [-0.05, 0) is 130 Å². The molecule has 6 heterocycles. The molecule has 4 aromatic carbocycles. The minimum absolute atomic E-state index is 0. The number of fused-ring (bicyclic) bond motifs is 4. The number of benzene rings is 4. The minimum Gasteiger partial charge on any atom is -0.465 e. The maximum atomic E-state index is 12.8. The fourth-order valence-electron chi connectivity index (χ4n) is 7.94. The minimum atomic E-state index is -3.31. The molecule has 10 aromatic rings. The Morgan fingerprint density at radius 2 is 0.973 bits per heavy atom. The zero-order valence-electron chi connectivity index (χ0n) is 40.4. The second kappa shape index (κ2) is 23.4. The Hall–Kier alpha value is -8.78. The molecule has 7 N–H and O–H groups in total. The Bertz CT molecular complexity index is 3990. The lowest BCUT2D eigenvalue weighted by atomic mass is 10.1. The number of sulfone groups is 2. The van der Waals surface area contributed by atoms with E-state index in [4.69, 9.17) is 21.9 Å². The standard InChI is InChI=1S/C27H23N5O3S.C18H16N2O4S.C10H11N3.CH4/c1-36(34,35)23-3-5-25-21(14-23)11-18(16-31-25)12-22-13-20(7-8-29-22)27(33)32-15-17-2-4-24-19(10-17)6-9-30-26(24)28;1-24-18(21)13-5-6-19-15(9-13)8-12-7-14-10-16(25(2,22)23)3-4-17(14)20-11-12;11-6-7-1-2-9-8(5-7)3-4-13-10(9)12;/h2-11,13-14,16H,12,15H2,1H3,(H2,28,30)(H,32,33);3-7,9-11H,8H2,1-2H3;1-5H,6,11H2,(H2,12,13);1H4. The number of methoxy groups -OCH3 is 1. The van der Waals surface area contributed by atoms with Gasteiger partial charge in [0.05, 0.1) is 33.5 Å². The molecule has 0 unspecified atom stereocenters. The largest absolute Gasteiger partial charge is 0.465 e. The van der Waals surface area contributed by atoms with Crippen molar-refractivity contribution in [2.75, 3.05) is 31.1 Å². The number of nitrogens with zero attached hydrogens (tertiary/aromatic N) is 6. The van der Waals surface area contributed by atoms with Gasteiger partial charge in [0.2, 0.25) is 0 Å². The molecule has 382 valence electrons. The number of anilines is 2. The van der Waals surface area contributed by atoms with Gasteiger partial charge in [-0.3, -0.25) is 24.7 Å². The van der Waals surface area contributed by atoms with Crippen LogP contribution in [-0.4, -0.2) is 78.2 Å². The number of aromatic nitrogens is 6. The van der Waals surface area contributed by atoms with Crippen molar-refractivity contribution in [2.45, 2.75) is 43.1 Å². The molecule has 0 aliphatic carbocycles. The number of esters is 1. The number of pyridine rings is 6. The molecule has 6 aromatic heterocycles. The smallest absolute Gasteiger partial charge is 0.337 e. The van der Waals surface area contributed by atoms with Crippen molar-refractivity contribution in [1.29, 1.82) is 0 Å². The summed E-state index contributed by atoms with van der Waals surface area (Å²) in [5.74, 6) is 0.423. The first-order valence-corrected chi connectivity index (χ1v) is 26.6. The second-order valence-corrected chi connectivity index (χ2v) is 21.3. The molecule has 0 aliphatic heterocycles. The Balaban J connectivity index is 0.000000181. The molecule has 0 spiro atoms. The molecular formula is C56H54N10O7S2. The Labute approximate surface area is 434 Å². The van der Waals surface area contributed by atoms with Crippen LogP contribution in [0.15, 0.2) is 168 Å². The van der Waals surface area contributed by atoms with Gasteiger partial charge in [0.1, 0.15) is 11.6 Å². The summed E-state index contributed by atoms with van der Waals surface area (Å²) in [6, 6.07) is 35.8. The number of amides is 1. The molecule has 0 aliphatic rings. The SMILES string of the molecule is C.COC(=O)c1ccnc(Cc2cnc3ccc(S(C)(=O)=O)cc3c2)c1.CS(=O)(=O)c1ccc2ncc(Cc3cc(C(=O)NCc4ccc5c(N)nccc5c4)ccn3)cc2c1.NCc1ccc2c(N)nccc2c1. The van der Waals surface area contributed by atoms with Gasteiger partial charge in [0, 0.05) is 114 Å². The van der Waals surface area contributed by atoms with Gasteiger partial charge in [-0.2, -0.15) is 0 Å². The van der Waals surface area contributed by atoms with Crippen LogP contribution in [-0.2, 0) is 50.3 Å². The van der Waals surface area contributed by atoms with Crippen molar-refractivity contribution >= 4 is 86.5 Å². The Morgan fingerprint density at radius 1 is 0.520 bits per heavy atom. The lowest BCUT2D eigenvalue weighted by Crippen LogP contribution is -2.23. The van der Waals surface area contributed by atoms with Crippen LogP contribution in [0.3, 0.4) is 0 Å². The lowest BCUT2D eigenvalue weighted by Gasteiger charge is -2.09. The van der Waals surface area contributed by atoms with Crippen LogP contribution >= 0.6 is 0 Å². The monoisotopic (exact) mass is 1040 g/mol. The van der Waals surface area contributed by atoms with E-state index in [1.54, 1.807) is 97.8 Å². The van der Waals surface area contributed by atoms with Gasteiger partial charge in [0.25, 0.3) is 5.91 Å². The van der Waals surface area contributed by atoms with Crippen LogP contribution in [0.4, 0.5) is 11.6 Å². The van der Waals surface area contributed by atoms with Crippen LogP contribution in [0, 0.1) is 0 Å². The number of nitrogens with two attached hydrogens (primary N) is 3. The molecule has 0 bridgehead atoms. The molecular weight excluding hydrogens is 989 g/mol. The van der Waals surface area contributed by atoms with E-state index in [1.165, 1.54) is 19.6 Å². The predicted octanol–water partition coefficient (Wildman–Crippen LogP) is 8.01. The van der Waals surface area contributed by atoms with Crippen LogP contribution in [0.5, 0.6) is 0 Å². The van der Waals surface area contributed by atoms with Crippen molar-refractivity contribution in [1.82, 2.24) is 35.2 Å². The topological polar surface area (TPSA) is 279 Å². The average Bonchev–Trinajstić information content (AvgIpc) is 3.39. The highest BCUT2D eigenvalue weighted by Gasteiger charge is 2.13. The highest BCUT2D eigenvalue weighted by atomic mass is 32.2. The molecule has 17 nitrogen and oxygen atoms in total. The summed E-state index contributed by atoms with van der Waals surface area (Å²) in [6.07, 6.45) is 13.3. The van der Waals surface area contributed by atoms with E-state index >= 15 is 0 Å². The number of nitrogens with one attached hydrogen (secondary N) is 1. The predicted molar refractivity (Wildman–Crippen MR) is 293 cm³/mol. The molecule has 1 amide bonds. The molecule has 0 atom stereocenters. The zero-order chi connectivity index (χ0) is 52.6. The maximum absolute atomic E-state index is 12.8. The fourth-order valence-corrected chi connectivity index (χ4v) is 9.25. The van der Waals surface area contributed by atoms with Crippen molar-refractivity contribution < 1.29 is 31.2 Å². The zero-order valence-corrected chi connectivity index (χ0v) is 42.1. The van der Waals surface area contributed by atoms with Crippen LogP contribution in [0.1, 0.15) is 61.8 Å². The summed E-state index contributed by atoms with van der Waals surface area (Å²) >= 11 is 0. The van der Waals surface area contributed by atoms with Gasteiger partial charge in [-0.1, -0.05) is 31.7 Å². The highest BCUT2D eigenvalue weighted by molar-refractivity contribution is 7.91. The van der Waals surface area contributed by atoms with E-state index in [-0.39, 0.29) is 23.1 Å². The molecule has 0 fully saturated rings. The van der Waals surface area contributed by atoms with Crippen LogP contribution in [0.2, 0.25) is 0 Å². The van der Waals surface area contributed by atoms with Crippen LogP contribution < -0.4 is 22.5 Å². The first-order chi connectivity index (χ1) is 35.4. The van der Waals surface area contributed by atoms with Crippen molar-refractivity contribution in [2.24, 2.45) is 5.73 Å². The number of nitrogen functional groups attached to an aromatic ring is 2. The van der Waals surface area contributed by atoms with Crippen molar-refractivity contribution in [3.05, 3.63) is 203 Å². The van der Waals surface area contributed by atoms with Gasteiger partial charge in [-0.25, -0.2) is 31.6 Å². The van der Waals surface area contributed by atoms with E-state index in [0.29, 0.717) is 71.1 Å². The number of ether oxygens (including phenoxy) is 1. The fraction of sp³-hybridized carbons (Fsp3) is 0.143. The molecule has 75 heavy (non-hydrogen) atoms. The number of hydrogen-bond donors (Lipinski definition) is 4. The molecule has 0 radical (unpaired) electrons. The Kier molecular flexibility index (Phi) is 16.8. The van der Waals surface area contributed by atoms with Gasteiger partial charge in [0.15, 0.2) is 19.7 Å². The number of hydrogen-bond acceptors (Lipinski definition) is 16. The second-order valence-electron chi connectivity index (χ2n) is 17.2. The molecule has 0 saturated carbocycles. The first kappa shape index (κ1) is 54.0. The van der Waals surface area contributed by atoms with Gasteiger partial charge in [-0.15, -0.1) is 0 Å². The van der Waals surface area contributed by atoms with Gasteiger partial charge < -0.3 is 27.3 Å². The molecule has 0 saturated heterocycles. The van der Waals surface area contributed by atoms with E-state index in [1.807, 2.05) is 60.7 Å². The summed E-state index contributed by atoms with van der Waals surface area (Å²) < 4.78 is 51.9. The van der Waals surface area contributed by atoms with E-state index in [2.05, 4.69) is 35.2 Å². The summed E-state index contributed by atoms with van der Waals surface area (Å²) in [7, 11) is -5.26. The number of carbonyl (C=O) groups excluding carboxylic acids is 2. The third-order valence-electron chi connectivity index (χ3n) is 11.8. The van der Waals surface area contributed by atoms with E-state index in [9.17, 15) is 26.4 Å². The third-order valence-corrected chi connectivity index (χ3v) is 14.0.